The molecule has 0 unspecified atom stereocenters. The molecule has 0 saturated heterocycles. The predicted octanol–water partition coefficient (Wildman–Crippen LogP) is 2.45. The van der Waals surface area contributed by atoms with Gasteiger partial charge < -0.3 is 10.1 Å². The highest BCUT2D eigenvalue weighted by molar-refractivity contribution is 7.90. The number of ether oxygens (including phenoxy) is 1. The largest absolute Gasteiger partial charge is 0.492 e. The van der Waals surface area contributed by atoms with Crippen LogP contribution in [0, 0.1) is 11.3 Å². The molecular weight excluding hydrogens is 300 g/mol. The highest BCUT2D eigenvalue weighted by atomic mass is 32.2. The Bertz CT molecular complexity index is 778. The zero-order valence-corrected chi connectivity index (χ0v) is 12.9. The van der Waals surface area contributed by atoms with Gasteiger partial charge in [-0.3, -0.25) is 0 Å². The minimum Gasteiger partial charge on any atom is -0.492 e. The number of benzene rings is 2. The van der Waals surface area contributed by atoms with Gasteiger partial charge in [-0.05, 0) is 42.5 Å². The Morgan fingerprint density at radius 3 is 2.55 bits per heavy atom. The minimum absolute atomic E-state index is 0.283. The fourth-order valence-electron chi connectivity index (χ4n) is 1.83. The van der Waals surface area contributed by atoms with Gasteiger partial charge in [0.05, 0.1) is 16.5 Å². The van der Waals surface area contributed by atoms with Crippen molar-refractivity contribution in [1.82, 2.24) is 0 Å². The first-order chi connectivity index (χ1) is 10.5. The van der Waals surface area contributed by atoms with Gasteiger partial charge in [0, 0.05) is 18.5 Å². The number of anilines is 1. The molecular formula is C16H16N2O3S. The van der Waals surface area contributed by atoms with E-state index in [0.717, 1.165) is 5.69 Å². The Morgan fingerprint density at radius 1 is 1.18 bits per heavy atom. The van der Waals surface area contributed by atoms with Gasteiger partial charge in [-0.15, -0.1) is 0 Å². The highest BCUT2D eigenvalue weighted by Crippen LogP contribution is 2.15. The first kappa shape index (κ1) is 15.9. The summed E-state index contributed by atoms with van der Waals surface area (Å²) in [6, 6.07) is 15.6. The van der Waals surface area contributed by atoms with E-state index in [1.165, 1.54) is 6.26 Å². The minimum atomic E-state index is -3.20. The van der Waals surface area contributed by atoms with E-state index in [0.29, 0.717) is 24.5 Å². The molecule has 1 N–H and O–H groups in total. The first-order valence-electron chi connectivity index (χ1n) is 6.66. The maximum absolute atomic E-state index is 11.5. The topological polar surface area (TPSA) is 79.2 Å². The molecule has 0 aliphatic heterocycles. The number of hydrogen-bond donors (Lipinski definition) is 1. The van der Waals surface area contributed by atoms with Crippen LogP contribution >= 0.6 is 0 Å². The highest BCUT2D eigenvalue weighted by Gasteiger charge is 2.06. The monoisotopic (exact) mass is 316 g/mol. The number of hydrogen-bond acceptors (Lipinski definition) is 5. The van der Waals surface area contributed by atoms with Crippen molar-refractivity contribution in [3.63, 3.8) is 0 Å². The molecule has 2 aromatic carbocycles. The second kappa shape index (κ2) is 6.96. The van der Waals surface area contributed by atoms with E-state index < -0.39 is 9.84 Å². The first-order valence-corrected chi connectivity index (χ1v) is 8.55. The molecule has 0 bridgehead atoms. The molecule has 0 fully saturated rings. The fourth-order valence-corrected chi connectivity index (χ4v) is 2.49. The summed E-state index contributed by atoms with van der Waals surface area (Å²) in [5, 5.41) is 11.8. The Kier molecular flexibility index (Phi) is 5.02. The fraction of sp³-hybridized carbons (Fsp3) is 0.188. The van der Waals surface area contributed by atoms with Crippen LogP contribution in [0.5, 0.6) is 5.75 Å². The van der Waals surface area contributed by atoms with Crippen LogP contribution in [0.1, 0.15) is 5.56 Å². The Labute approximate surface area is 130 Å². The lowest BCUT2D eigenvalue weighted by Gasteiger charge is -2.09. The molecule has 0 amide bonds. The third-order valence-electron chi connectivity index (χ3n) is 2.95. The van der Waals surface area contributed by atoms with Crippen molar-refractivity contribution in [3.8, 4) is 11.8 Å². The number of nitriles is 1. The molecule has 0 aliphatic carbocycles. The van der Waals surface area contributed by atoms with E-state index >= 15 is 0 Å². The van der Waals surface area contributed by atoms with Gasteiger partial charge in [0.1, 0.15) is 12.4 Å². The molecule has 6 heteroatoms. The molecule has 0 radical (unpaired) electrons. The van der Waals surface area contributed by atoms with Crippen LogP contribution in [-0.4, -0.2) is 27.8 Å². The Hall–Kier alpha value is -2.52. The zero-order valence-electron chi connectivity index (χ0n) is 12.1. The SMILES string of the molecule is CS(=O)(=O)c1cccc(NCCOc2ccc(C#N)cc2)c1. The van der Waals surface area contributed by atoms with Gasteiger partial charge >= 0.3 is 0 Å². The molecule has 0 spiro atoms. The van der Waals surface area contributed by atoms with Crippen LogP contribution in [0.3, 0.4) is 0 Å². The van der Waals surface area contributed by atoms with Gasteiger partial charge in [0.25, 0.3) is 0 Å². The van der Waals surface area contributed by atoms with Crippen molar-refractivity contribution in [3.05, 3.63) is 54.1 Å². The second-order valence-corrected chi connectivity index (χ2v) is 6.73. The van der Waals surface area contributed by atoms with Crippen LogP contribution in [-0.2, 0) is 9.84 Å². The average Bonchev–Trinajstić information content (AvgIpc) is 2.52. The quantitative estimate of drug-likeness (QED) is 0.828. The maximum Gasteiger partial charge on any atom is 0.175 e. The van der Waals surface area contributed by atoms with E-state index in [1.807, 2.05) is 6.07 Å². The summed E-state index contributed by atoms with van der Waals surface area (Å²) in [6.45, 7) is 0.961. The summed E-state index contributed by atoms with van der Waals surface area (Å²) < 4.78 is 28.5. The Balaban J connectivity index is 1.85. The summed E-state index contributed by atoms with van der Waals surface area (Å²) >= 11 is 0. The van der Waals surface area contributed by atoms with E-state index in [4.69, 9.17) is 10.00 Å². The molecule has 114 valence electrons. The van der Waals surface area contributed by atoms with Gasteiger partial charge in [-0.2, -0.15) is 5.26 Å². The van der Waals surface area contributed by atoms with E-state index in [2.05, 4.69) is 5.32 Å². The molecule has 2 rings (SSSR count). The summed E-state index contributed by atoms with van der Waals surface area (Å²) in [5.41, 5.74) is 1.31. The van der Waals surface area contributed by atoms with Crippen molar-refractivity contribution in [1.29, 1.82) is 5.26 Å². The van der Waals surface area contributed by atoms with E-state index in [1.54, 1.807) is 48.5 Å². The smallest absolute Gasteiger partial charge is 0.175 e. The van der Waals surface area contributed by atoms with Gasteiger partial charge in [0.2, 0.25) is 0 Å². The van der Waals surface area contributed by atoms with Crippen LogP contribution in [0.4, 0.5) is 5.69 Å². The number of nitrogens with one attached hydrogen (secondary N) is 1. The molecule has 0 aromatic heterocycles. The van der Waals surface area contributed by atoms with Gasteiger partial charge in [0.15, 0.2) is 9.84 Å². The summed E-state index contributed by atoms with van der Waals surface area (Å²) in [5.74, 6) is 0.686. The van der Waals surface area contributed by atoms with Crippen molar-refractivity contribution < 1.29 is 13.2 Å². The molecule has 0 saturated carbocycles. The average molecular weight is 316 g/mol. The van der Waals surface area contributed by atoms with Crippen molar-refractivity contribution in [2.75, 3.05) is 24.7 Å². The predicted molar refractivity (Wildman–Crippen MR) is 84.7 cm³/mol. The second-order valence-electron chi connectivity index (χ2n) is 4.71. The van der Waals surface area contributed by atoms with Crippen LogP contribution in [0.2, 0.25) is 0 Å². The normalized spacial score (nSPS) is 10.7. The zero-order chi connectivity index (χ0) is 16.0. The van der Waals surface area contributed by atoms with Crippen molar-refractivity contribution in [2.24, 2.45) is 0 Å². The Morgan fingerprint density at radius 2 is 1.91 bits per heavy atom. The molecule has 22 heavy (non-hydrogen) atoms. The number of sulfone groups is 1. The van der Waals surface area contributed by atoms with Crippen molar-refractivity contribution >= 4 is 15.5 Å². The van der Waals surface area contributed by atoms with Crippen molar-refractivity contribution in [2.45, 2.75) is 4.90 Å². The lowest BCUT2D eigenvalue weighted by Crippen LogP contribution is -2.11. The summed E-state index contributed by atoms with van der Waals surface area (Å²) in [7, 11) is -3.20. The van der Waals surface area contributed by atoms with Gasteiger partial charge in [-0.1, -0.05) is 6.07 Å². The standard InChI is InChI=1S/C16H16N2O3S/c1-22(19,20)16-4-2-3-14(11-16)18-9-10-21-15-7-5-13(12-17)6-8-15/h2-8,11,18H,9-10H2,1H3. The number of nitrogens with zero attached hydrogens (tertiary/aromatic N) is 1. The lowest BCUT2D eigenvalue weighted by atomic mass is 10.2. The molecule has 2 aromatic rings. The third-order valence-corrected chi connectivity index (χ3v) is 4.06. The molecule has 0 atom stereocenters. The van der Waals surface area contributed by atoms with E-state index in [9.17, 15) is 8.42 Å². The third kappa shape index (κ3) is 4.50. The van der Waals surface area contributed by atoms with Gasteiger partial charge in [-0.25, -0.2) is 8.42 Å². The van der Waals surface area contributed by atoms with Crippen LogP contribution in [0.25, 0.3) is 0 Å². The maximum atomic E-state index is 11.5. The number of rotatable bonds is 6. The van der Waals surface area contributed by atoms with E-state index in [-0.39, 0.29) is 4.90 Å². The molecule has 5 nitrogen and oxygen atoms in total. The lowest BCUT2D eigenvalue weighted by molar-refractivity contribution is 0.333. The summed E-state index contributed by atoms with van der Waals surface area (Å²) in [4.78, 5) is 0.283. The van der Waals surface area contributed by atoms with Crippen LogP contribution in [0.15, 0.2) is 53.4 Å². The van der Waals surface area contributed by atoms with Crippen LogP contribution < -0.4 is 10.1 Å². The summed E-state index contributed by atoms with van der Waals surface area (Å²) in [6.07, 6.45) is 1.18. The molecule has 0 heterocycles. The molecule has 0 aliphatic rings.